The Morgan fingerprint density at radius 2 is 1.82 bits per heavy atom. The molecule has 0 amide bonds. The van der Waals surface area contributed by atoms with Crippen molar-refractivity contribution in [2.24, 2.45) is 0 Å². The number of carbonyl (C=O) groups is 1. The molecule has 2 N–H and O–H groups in total. The van der Waals surface area contributed by atoms with Crippen LogP contribution in [0.3, 0.4) is 0 Å². The van der Waals surface area contributed by atoms with Crippen molar-refractivity contribution in [3.8, 4) is 11.5 Å². The standard InChI is InChI=1S/C19H20N4O4S/c1-10-16(19-22-21-18(27-19)14-4-5-14)17(11(2)20-10)28(25,26)23-15-8-6-13(7-9-15)12(3)24/h6-9,14,20,23H,4-5H2,1-3H3. The summed E-state index contributed by atoms with van der Waals surface area (Å²) < 4.78 is 34.5. The van der Waals surface area contributed by atoms with Gasteiger partial charge in [0.05, 0.1) is 5.56 Å². The summed E-state index contributed by atoms with van der Waals surface area (Å²) in [6.45, 7) is 4.91. The second-order valence-electron chi connectivity index (χ2n) is 7.04. The van der Waals surface area contributed by atoms with E-state index in [4.69, 9.17) is 4.42 Å². The number of H-pyrrole nitrogens is 1. The Bertz CT molecular complexity index is 1160. The molecular formula is C19H20N4O4S. The van der Waals surface area contributed by atoms with E-state index in [2.05, 4.69) is 19.9 Å². The van der Waals surface area contributed by atoms with Gasteiger partial charge in [0.2, 0.25) is 5.89 Å². The number of ketones is 1. The van der Waals surface area contributed by atoms with Crippen molar-refractivity contribution in [1.29, 1.82) is 0 Å². The molecule has 0 aliphatic heterocycles. The second-order valence-corrected chi connectivity index (χ2v) is 8.66. The highest BCUT2D eigenvalue weighted by Gasteiger charge is 2.33. The van der Waals surface area contributed by atoms with Gasteiger partial charge in [0.25, 0.3) is 15.9 Å². The molecule has 3 aromatic rings. The number of aryl methyl sites for hydroxylation is 2. The number of anilines is 1. The Balaban J connectivity index is 1.71. The van der Waals surface area contributed by atoms with Crippen molar-refractivity contribution in [2.45, 2.75) is 44.4 Å². The van der Waals surface area contributed by atoms with Gasteiger partial charge in [0.1, 0.15) is 4.90 Å². The molecule has 0 unspecified atom stereocenters. The van der Waals surface area contributed by atoms with Crippen molar-refractivity contribution in [3.05, 3.63) is 47.1 Å². The van der Waals surface area contributed by atoms with E-state index < -0.39 is 10.0 Å². The average Bonchev–Trinajstić information content (AvgIpc) is 3.27. The van der Waals surface area contributed by atoms with E-state index in [1.807, 2.05) is 0 Å². The number of aromatic amines is 1. The Kier molecular flexibility index (Phi) is 4.34. The van der Waals surface area contributed by atoms with Crippen LogP contribution in [0.1, 0.15) is 53.3 Å². The van der Waals surface area contributed by atoms with Crippen molar-refractivity contribution < 1.29 is 17.6 Å². The maximum Gasteiger partial charge on any atom is 0.264 e. The number of sulfonamides is 1. The van der Waals surface area contributed by atoms with Crippen LogP contribution in [0.4, 0.5) is 5.69 Å². The Hall–Kier alpha value is -2.94. The topological polar surface area (TPSA) is 118 Å². The van der Waals surface area contributed by atoms with Crippen LogP contribution in [0.5, 0.6) is 0 Å². The van der Waals surface area contributed by atoms with E-state index in [9.17, 15) is 13.2 Å². The molecule has 0 bridgehead atoms. The quantitative estimate of drug-likeness (QED) is 0.611. The van der Waals surface area contributed by atoms with E-state index in [-0.39, 0.29) is 22.5 Å². The third-order valence-corrected chi connectivity index (χ3v) is 6.26. The molecule has 2 aromatic heterocycles. The van der Waals surface area contributed by atoms with Gasteiger partial charge in [-0.25, -0.2) is 8.42 Å². The summed E-state index contributed by atoms with van der Waals surface area (Å²) in [6, 6.07) is 6.27. The fourth-order valence-corrected chi connectivity index (χ4v) is 4.67. The number of benzene rings is 1. The minimum atomic E-state index is -3.92. The largest absolute Gasteiger partial charge is 0.420 e. The maximum atomic E-state index is 13.1. The number of aromatic nitrogens is 3. The summed E-state index contributed by atoms with van der Waals surface area (Å²) in [5.41, 5.74) is 2.36. The maximum absolute atomic E-state index is 13.1. The van der Waals surface area contributed by atoms with Crippen LogP contribution >= 0.6 is 0 Å². The van der Waals surface area contributed by atoms with Gasteiger partial charge in [-0.1, -0.05) is 0 Å². The molecule has 0 radical (unpaired) electrons. The van der Waals surface area contributed by atoms with Crippen LogP contribution in [0, 0.1) is 13.8 Å². The number of hydrogen-bond acceptors (Lipinski definition) is 6. The van der Waals surface area contributed by atoms with Gasteiger partial charge in [-0.2, -0.15) is 0 Å². The van der Waals surface area contributed by atoms with Gasteiger partial charge in [0.15, 0.2) is 5.78 Å². The summed E-state index contributed by atoms with van der Waals surface area (Å²) in [5.74, 6) is 0.927. The van der Waals surface area contributed by atoms with Crippen molar-refractivity contribution in [2.75, 3.05) is 4.72 Å². The molecule has 1 aromatic carbocycles. The number of nitrogens with zero attached hydrogens (tertiary/aromatic N) is 2. The first kappa shape index (κ1) is 18.4. The second kappa shape index (κ2) is 6.59. The number of rotatable bonds is 6. The number of Topliss-reactive ketones (excluding diaryl/α,β-unsaturated/α-hetero) is 1. The number of hydrogen-bond donors (Lipinski definition) is 2. The van der Waals surface area contributed by atoms with E-state index in [0.29, 0.717) is 34.1 Å². The smallest absolute Gasteiger partial charge is 0.264 e. The van der Waals surface area contributed by atoms with Gasteiger partial charge in [0, 0.05) is 28.6 Å². The number of nitrogens with one attached hydrogen (secondary N) is 2. The monoisotopic (exact) mass is 400 g/mol. The molecule has 28 heavy (non-hydrogen) atoms. The van der Waals surface area contributed by atoms with Gasteiger partial charge in [-0.3, -0.25) is 9.52 Å². The molecule has 146 valence electrons. The SMILES string of the molecule is CC(=O)c1ccc(NS(=O)(=O)c2c(C)[nH]c(C)c2-c2nnc(C3CC3)o2)cc1. The summed E-state index contributed by atoms with van der Waals surface area (Å²) in [5, 5.41) is 8.13. The molecule has 9 heteroatoms. The predicted octanol–water partition coefficient (Wildman–Crippen LogP) is 3.56. The van der Waals surface area contributed by atoms with Crippen LogP contribution in [-0.4, -0.2) is 29.4 Å². The third kappa shape index (κ3) is 3.33. The zero-order valence-corrected chi connectivity index (χ0v) is 16.6. The molecule has 1 aliphatic rings. The average molecular weight is 400 g/mol. The van der Waals surface area contributed by atoms with Crippen molar-refractivity contribution in [1.82, 2.24) is 15.2 Å². The van der Waals surface area contributed by atoms with Gasteiger partial charge >= 0.3 is 0 Å². The molecule has 1 aliphatic carbocycles. The Morgan fingerprint density at radius 3 is 2.43 bits per heavy atom. The summed E-state index contributed by atoms with van der Waals surface area (Å²) in [6.07, 6.45) is 2.02. The van der Waals surface area contributed by atoms with Crippen molar-refractivity contribution in [3.63, 3.8) is 0 Å². The zero-order chi connectivity index (χ0) is 20.1. The van der Waals surface area contributed by atoms with Crippen LogP contribution < -0.4 is 4.72 Å². The van der Waals surface area contributed by atoms with Crippen LogP contribution in [0.25, 0.3) is 11.5 Å². The molecule has 0 saturated heterocycles. The van der Waals surface area contributed by atoms with Gasteiger partial charge in [-0.15, -0.1) is 10.2 Å². The highest BCUT2D eigenvalue weighted by Crippen LogP contribution is 2.41. The lowest BCUT2D eigenvalue weighted by molar-refractivity contribution is 0.101. The van der Waals surface area contributed by atoms with Gasteiger partial charge in [-0.05, 0) is 57.9 Å². The highest BCUT2D eigenvalue weighted by atomic mass is 32.2. The zero-order valence-electron chi connectivity index (χ0n) is 15.7. The first-order valence-electron chi connectivity index (χ1n) is 8.93. The predicted molar refractivity (Wildman–Crippen MR) is 103 cm³/mol. The Labute approximate surface area is 162 Å². The lowest BCUT2D eigenvalue weighted by atomic mass is 10.1. The molecular weight excluding hydrogens is 380 g/mol. The molecule has 4 rings (SSSR count). The summed E-state index contributed by atoms with van der Waals surface area (Å²) in [4.78, 5) is 14.5. The fourth-order valence-electron chi connectivity index (χ4n) is 3.16. The van der Waals surface area contributed by atoms with Gasteiger partial charge < -0.3 is 9.40 Å². The van der Waals surface area contributed by atoms with E-state index >= 15 is 0 Å². The van der Waals surface area contributed by atoms with Crippen LogP contribution in [0.2, 0.25) is 0 Å². The minimum Gasteiger partial charge on any atom is -0.420 e. The lowest BCUT2D eigenvalue weighted by Crippen LogP contribution is -2.14. The first-order chi connectivity index (χ1) is 13.3. The van der Waals surface area contributed by atoms with E-state index in [1.165, 1.54) is 6.92 Å². The number of carbonyl (C=O) groups excluding carboxylic acids is 1. The van der Waals surface area contributed by atoms with Crippen molar-refractivity contribution >= 4 is 21.5 Å². The van der Waals surface area contributed by atoms with Crippen LogP contribution in [0.15, 0.2) is 33.6 Å². The molecule has 1 saturated carbocycles. The fraction of sp³-hybridized carbons (Fsp3) is 0.316. The minimum absolute atomic E-state index is 0.0756. The molecule has 1 fully saturated rings. The molecule has 2 heterocycles. The summed E-state index contributed by atoms with van der Waals surface area (Å²) in [7, 11) is -3.92. The van der Waals surface area contributed by atoms with E-state index in [1.54, 1.807) is 38.1 Å². The van der Waals surface area contributed by atoms with Crippen LogP contribution in [-0.2, 0) is 10.0 Å². The van der Waals surface area contributed by atoms with E-state index in [0.717, 1.165) is 12.8 Å². The lowest BCUT2D eigenvalue weighted by Gasteiger charge is -2.09. The molecule has 0 spiro atoms. The molecule has 8 nitrogen and oxygen atoms in total. The Morgan fingerprint density at radius 1 is 1.14 bits per heavy atom. The normalized spacial score (nSPS) is 14.2. The molecule has 0 atom stereocenters. The third-order valence-electron chi connectivity index (χ3n) is 4.71. The summed E-state index contributed by atoms with van der Waals surface area (Å²) >= 11 is 0. The first-order valence-corrected chi connectivity index (χ1v) is 10.4. The highest BCUT2D eigenvalue weighted by molar-refractivity contribution is 7.93.